The number of phenolic OH excluding ortho intramolecular Hbond substituents is 1. The van der Waals surface area contributed by atoms with Crippen molar-refractivity contribution in [3.05, 3.63) is 82.7 Å². The predicted molar refractivity (Wildman–Crippen MR) is 181 cm³/mol. The number of nitrogens with one attached hydrogen (secondary N) is 1. The molecular formula is C39H48N2O6. The zero-order valence-corrected chi connectivity index (χ0v) is 27.5. The van der Waals surface area contributed by atoms with Gasteiger partial charge in [-0.2, -0.15) is 0 Å². The maximum absolute atomic E-state index is 14.2. The van der Waals surface area contributed by atoms with Crippen LogP contribution >= 0.6 is 0 Å². The third kappa shape index (κ3) is 8.09. The van der Waals surface area contributed by atoms with Gasteiger partial charge in [0.25, 0.3) is 0 Å². The lowest BCUT2D eigenvalue weighted by atomic mass is 9.75. The van der Waals surface area contributed by atoms with Crippen molar-refractivity contribution in [2.24, 2.45) is 35.3 Å². The number of hydrogen-bond donors (Lipinski definition) is 5. The number of dihydropyridines is 1. The minimum Gasteiger partial charge on any atom is -0.504 e. The molecule has 0 aromatic heterocycles. The quantitative estimate of drug-likeness (QED) is 0.206. The minimum absolute atomic E-state index is 0.000695. The summed E-state index contributed by atoms with van der Waals surface area (Å²) in [6, 6.07) is 13.2. The number of ether oxygens (including phenoxy) is 1. The highest BCUT2D eigenvalue weighted by Crippen LogP contribution is 2.44. The zero-order chi connectivity index (χ0) is 33.5. The summed E-state index contributed by atoms with van der Waals surface area (Å²) >= 11 is 0. The van der Waals surface area contributed by atoms with Gasteiger partial charge in [0.1, 0.15) is 0 Å². The summed E-state index contributed by atoms with van der Waals surface area (Å²) < 4.78 is 5.40. The molecule has 8 heteroatoms. The van der Waals surface area contributed by atoms with E-state index in [1.54, 1.807) is 12.1 Å². The average molecular weight is 641 g/mol. The van der Waals surface area contributed by atoms with Crippen molar-refractivity contribution >= 4 is 11.6 Å². The molecule has 8 nitrogen and oxygen atoms in total. The largest absolute Gasteiger partial charge is 0.504 e. The molecule has 2 aromatic rings. The van der Waals surface area contributed by atoms with Gasteiger partial charge in [-0.1, -0.05) is 61.6 Å². The summed E-state index contributed by atoms with van der Waals surface area (Å²) in [5, 5.41) is 35.7. The normalized spacial score (nSPS) is 27.1. The lowest BCUT2D eigenvalue weighted by Gasteiger charge is -2.29. The second kappa shape index (κ2) is 15.7. The number of aryl methyl sites for hydroxylation is 1. The van der Waals surface area contributed by atoms with Gasteiger partial charge in [0.15, 0.2) is 29.2 Å². The molecule has 5 rings (SSSR count). The second-order valence-corrected chi connectivity index (χ2v) is 13.4. The van der Waals surface area contributed by atoms with E-state index in [0.717, 1.165) is 47.9 Å². The standard InChI is InChI=1S/C39H48N2O6/c1-3-7-29(23-42)30-18-25(16-24-14-15-41-37(40)19-24)17-27-10-12-31(26-8-5-4-6-9-26)32-22-35(44)36(47-2)21-28(32)11-13-34(43)39(46)38(45)33(27)20-30/h4-6,8-9,14,19,21-22,25,27,29-31,33,39,41-42,44,46H,3,7,11,13,15-18,20,23,40H2,1-2H3/t25-,27+,29+,30+,31+,33-,39-/m0/s1. The maximum atomic E-state index is 14.2. The Labute approximate surface area is 278 Å². The molecule has 3 aliphatic rings. The van der Waals surface area contributed by atoms with E-state index in [2.05, 4.69) is 30.2 Å². The molecule has 250 valence electrons. The van der Waals surface area contributed by atoms with E-state index in [0.29, 0.717) is 25.2 Å². The molecule has 6 N–H and O–H groups in total. The molecule has 0 spiro atoms. The highest BCUT2D eigenvalue weighted by atomic mass is 16.5. The number of aliphatic hydroxyl groups is 2. The molecule has 1 fully saturated rings. The summed E-state index contributed by atoms with van der Waals surface area (Å²) in [6.07, 6.45) is 6.89. The first-order valence-electron chi connectivity index (χ1n) is 16.9. The first kappa shape index (κ1) is 34.3. The van der Waals surface area contributed by atoms with E-state index >= 15 is 0 Å². The van der Waals surface area contributed by atoms with Crippen molar-refractivity contribution in [1.29, 1.82) is 0 Å². The van der Waals surface area contributed by atoms with Gasteiger partial charge in [-0.25, -0.2) is 0 Å². The van der Waals surface area contributed by atoms with Crippen molar-refractivity contribution < 1.29 is 29.6 Å². The van der Waals surface area contributed by atoms with E-state index in [1.807, 2.05) is 36.4 Å². The molecule has 2 aliphatic carbocycles. The monoisotopic (exact) mass is 640 g/mol. The van der Waals surface area contributed by atoms with Crippen LogP contribution in [0.15, 0.2) is 66.0 Å². The summed E-state index contributed by atoms with van der Waals surface area (Å²) in [4.78, 5) is 27.6. The number of nitrogens with two attached hydrogens (primary N) is 1. The Morgan fingerprint density at radius 1 is 1.09 bits per heavy atom. The number of aliphatic hydroxyl groups excluding tert-OH is 2. The van der Waals surface area contributed by atoms with E-state index in [4.69, 9.17) is 10.5 Å². The fraction of sp³-hybridized carbons (Fsp3) is 0.487. The van der Waals surface area contributed by atoms with Gasteiger partial charge >= 0.3 is 0 Å². The van der Waals surface area contributed by atoms with Crippen LogP contribution in [-0.2, 0) is 16.0 Å². The molecule has 2 aromatic carbocycles. The first-order valence-corrected chi connectivity index (χ1v) is 16.9. The number of rotatable bonds is 8. The Kier molecular flexibility index (Phi) is 11.4. The van der Waals surface area contributed by atoms with Gasteiger partial charge in [-0.3, -0.25) is 9.59 Å². The number of ketones is 2. The molecule has 0 unspecified atom stereocenters. The molecule has 7 atom stereocenters. The van der Waals surface area contributed by atoms with Crippen molar-refractivity contribution in [3.63, 3.8) is 0 Å². The van der Waals surface area contributed by atoms with E-state index in [1.165, 1.54) is 7.11 Å². The third-order valence-electron chi connectivity index (χ3n) is 10.2. The number of benzene rings is 2. The Morgan fingerprint density at radius 3 is 2.57 bits per heavy atom. The number of aromatic hydroxyl groups is 1. The van der Waals surface area contributed by atoms with Crippen molar-refractivity contribution in [1.82, 2.24) is 5.32 Å². The van der Waals surface area contributed by atoms with Crippen LogP contribution in [0.3, 0.4) is 0 Å². The average Bonchev–Trinajstić information content (AvgIpc) is 3.25. The molecule has 1 saturated carbocycles. The van der Waals surface area contributed by atoms with Gasteiger partial charge in [0.05, 0.1) is 18.8 Å². The lowest BCUT2D eigenvalue weighted by molar-refractivity contribution is -0.142. The minimum atomic E-state index is -1.75. The summed E-state index contributed by atoms with van der Waals surface area (Å²) in [5.41, 5.74) is 9.70. The predicted octanol–water partition coefficient (Wildman–Crippen LogP) is 4.76. The number of Topliss-reactive ketones (excluding diaryl/α,β-unsaturated/α-hetero) is 2. The van der Waals surface area contributed by atoms with Crippen molar-refractivity contribution in [2.75, 3.05) is 20.3 Å². The molecule has 0 bridgehead atoms. The van der Waals surface area contributed by atoms with E-state index < -0.39 is 35.4 Å². The highest BCUT2D eigenvalue weighted by molar-refractivity contribution is 6.06. The number of allylic oxidation sites excluding steroid dienone is 2. The van der Waals surface area contributed by atoms with E-state index in [9.17, 15) is 24.9 Å². The molecular weight excluding hydrogens is 592 g/mol. The second-order valence-electron chi connectivity index (χ2n) is 13.4. The number of fused-ring (bicyclic) bond motifs is 2. The van der Waals surface area contributed by atoms with Crippen LogP contribution in [0.1, 0.15) is 74.5 Å². The van der Waals surface area contributed by atoms with Gasteiger partial charge in [-0.15, -0.1) is 0 Å². The van der Waals surface area contributed by atoms with Crippen LogP contribution in [0.25, 0.3) is 0 Å². The highest BCUT2D eigenvalue weighted by Gasteiger charge is 2.42. The van der Waals surface area contributed by atoms with Crippen LogP contribution in [0.4, 0.5) is 0 Å². The topological polar surface area (TPSA) is 142 Å². The molecule has 0 saturated heterocycles. The molecule has 1 aliphatic heterocycles. The van der Waals surface area contributed by atoms with Gasteiger partial charge < -0.3 is 31.1 Å². The SMILES string of the molecule is CCC[C@H](CO)[C@@H]1C[C@@H](CC2=CCNC(N)=C2)C[C@H]2C#C[C@H](c3ccccc3)c3cc(O)c(OC)cc3CCC(=O)[C@H](O)C(=O)[C@H]2C1. The Bertz CT molecular complexity index is 1550. The maximum Gasteiger partial charge on any atom is 0.173 e. The molecule has 0 radical (unpaired) electrons. The zero-order valence-electron chi connectivity index (χ0n) is 27.5. The van der Waals surface area contributed by atoms with Crippen LogP contribution in [0.5, 0.6) is 11.5 Å². The molecule has 0 amide bonds. The number of carbonyl (C=O) groups excluding carboxylic acids is 2. The van der Waals surface area contributed by atoms with Crippen LogP contribution < -0.4 is 15.8 Å². The van der Waals surface area contributed by atoms with Gasteiger partial charge in [-0.05, 0) is 96.8 Å². The smallest absolute Gasteiger partial charge is 0.173 e. The Hall–Kier alpha value is -4.06. The number of phenols is 1. The van der Waals surface area contributed by atoms with Crippen LogP contribution in [0, 0.1) is 41.4 Å². The third-order valence-corrected chi connectivity index (χ3v) is 10.2. The van der Waals surface area contributed by atoms with Gasteiger partial charge in [0.2, 0.25) is 0 Å². The Balaban J connectivity index is 1.65. The lowest BCUT2D eigenvalue weighted by Crippen LogP contribution is -2.39. The van der Waals surface area contributed by atoms with Crippen LogP contribution in [0.2, 0.25) is 0 Å². The fourth-order valence-corrected chi connectivity index (χ4v) is 7.80. The summed E-state index contributed by atoms with van der Waals surface area (Å²) in [6.45, 7) is 2.76. The Morgan fingerprint density at radius 2 is 1.87 bits per heavy atom. The molecule has 1 heterocycles. The number of hydrogen-bond acceptors (Lipinski definition) is 8. The van der Waals surface area contributed by atoms with Crippen LogP contribution in [-0.4, -0.2) is 53.3 Å². The van der Waals surface area contributed by atoms with Crippen molar-refractivity contribution in [3.8, 4) is 23.3 Å². The first-order chi connectivity index (χ1) is 22.7. The summed E-state index contributed by atoms with van der Waals surface area (Å²) in [5.74, 6) is 5.60. The van der Waals surface area contributed by atoms with Crippen molar-refractivity contribution in [2.45, 2.75) is 70.3 Å². The fourth-order valence-electron chi connectivity index (χ4n) is 7.80. The molecule has 47 heavy (non-hydrogen) atoms. The number of methoxy groups -OCH3 is 1. The summed E-state index contributed by atoms with van der Waals surface area (Å²) in [7, 11) is 1.47. The number of carbonyl (C=O) groups is 2. The van der Waals surface area contributed by atoms with Gasteiger partial charge in [0, 0.05) is 31.4 Å². The van der Waals surface area contributed by atoms with E-state index in [-0.39, 0.29) is 48.7 Å².